The van der Waals surface area contributed by atoms with E-state index >= 15 is 0 Å². The Morgan fingerprint density at radius 2 is 1.94 bits per heavy atom. The van der Waals surface area contributed by atoms with Crippen molar-refractivity contribution in [2.75, 3.05) is 19.6 Å². The van der Waals surface area contributed by atoms with E-state index in [0.717, 1.165) is 17.9 Å². The van der Waals surface area contributed by atoms with Crippen LogP contribution < -0.4 is 5.32 Å². The van der Waals surface area contributed by atoms with Crippen LogP contribution in [0.25, 0.3) is 0 Å². The first-order valence-corrected chi connectivity index (χ1v) is 7.18. The third-order valence-electron chi connectivity index (χ3n) is 5.21. The summed E-state index contributed by atoms with van der Waals surface area (Å²) in [6.45, 7) is 8.69. The van der Waals surface area contributed by atoms with Gasteiger partial charge in [-0.3, -0.25) is 4.90 Å². The van der Waals surface area contributed by atoms with E-state index < -0.39 is 0 Å². The van der Waals surface area contributed by atoms with Gasteiger partial charge in [0.15, 0.2) is 0 Å². The Morgan fingerprint density at radius 3 is 2.56 bits per heavy atom. The lowest BCUT2D eigenvalue weighted by Gasteiger charge is -2.45. The summed E-state index contributed by atoms with van der Waals surface area (Å²) in [5.74, 6) is 2.01. The summed E-state index contributed by atoms with van der Waals surface area (Å²) in [4.78, 5) is 2.77. The fraction of sp³-hybridized carbons (Fsp3) is 1.00. The van der Waals surface area contributed by atoms with Crippen molar-refractivity contribution in [3.05, 3.63) is 0 Å². The normalized spacial score (nSPS) is 42.8. The summed E-state index contributed by atoms with van der Waals surface area (Å²) in [6, 6.07) is 0.749. The fourth-order valence-electron chi connectivity index (χ4n) is 3.68. The van der Waals surface area contributed by atoms with Gasteiger partial charge in [-0.25, -0.2) is 0 Å². The molecule has 0 bridgehead atoms. The van der Waals surface area contributed by atoms with Gasteiger partial charge in [0.05, 0.1) is 0 Å². The Hall–Kier alpha value is -0.0800. The molecule has 1 N–H and O–H groups in total. The fourth-order valence-corrected chi connectivity index (χ4v) is 3.68. The van der Waals surface area contributed by atoms with Crippen molar-refractivity contribution >= 4 is 0 Å². The highest BCUT2D eigenvalue weighted by molar-refractivity contribution is 5.01. The lowest BCUT2D eigenvalue weighted by Crippen LogP contribution is -2.62. The summed E-state index contributed by atoms with van der Waals surface area (Å²) in [5, 5.41) is 3.84. The van der Waals surface area contributed by atoms with Crippen LogP contribution in [0.5, 0.6) is 0 Å². The molecule has 2 aliphatic carbocycles. The molecule has 3 unspecified atom stereocenters. The highest BCUT2D eigenvalue weighted by Gasteiger charge is 2.42. The van der Waals surface area contributed by atoms with Gasteiger partial charge in [0.2, 0.25) is 0 Å². The Kier molecular flexibility index (Phi) is 2.75. The van der Waals surface area contributed by atoms with Crippen LogP contribution in [0.1, 0.15) is 46.0 Å². The summed E-state index contributed by atoms with van der Waals surface area (Å²) in [7, 11) is 0. The van der Waals surface area contributed by atoms with Crippen molar-refractivity contribution in [2.45, 2.75) is 57.5 Å². The van der Waals surface area contributed by atoms with Gasteiger partial charge in [0.25, 0.3) is 0 Å². The zero-order valence-electron chi connectivity index (χ0n) is 10.8. The van der Waals surface area contributed by atoms with Crippen molar-refractivity contribution in [1.29, 1.82) is 0 Å². The van der Waals surface area contributed by atoms with E-state index in [1.165, 1.54) is 51.7 Å². The van der Waals surface area contributed by atoms with Gasteiger partial charge >= 0.3 is 0 Å². The summed E-state index contributed by atoms with van der Waals surface area (Å²) in [5.41, 5.74) is 0.505. The lowest BCUT2D eigenvalue weighted by molar-refractivity contribution is 0.0837. The van der Waals surface area contributed by atoms with Crippen LogP contribution >= 0.6 is 0 Å². The number of rotatable bonds is 2. The maximum atomic E-state index is 3.84. The van der Waals surface area contributed by atoms with Gasteiger partial charge in [0, 0.05) is 31.2 Å². The number of nitrogens with one attached hydrogen (secondary N) is 1. The second-order valence-electron chi connectivity index (χ2n) is 6.62. The Bertz CT molecular complexity index is 257. The predicted molar refractivity (Wildman–Crippen MR) is 67.5 cm³/mol. The molecular weight excluding hydrogens is 196 g/mol. The van der Waals surface area contributed by atoms with E-state index in [9.17, 15) is 0 Å². The maximum Gasteiger partial charge on any atom is 0.0309 e. The van der Waals surface area contributed by atoms with Crippen molar-refractivity contribution < 1.29 is 0 Å². The molecule has 1 aliphatic heterocycles. The Morgan fingerprint density at radius 1 is 1.25 bits per heavy atom. The van der Waals surface area contributed by atoms with Crippen LogP contribution in [0.3, 0.4) is 0 Å². The van der Waals surface area contributed by atoms with Crippen molar-refractivity contribution in [2.24, 2.45) is 11.8 Å². The third kappa shape index (κ3) is 2.02. The first-order chi connectivity index (χ1) is 7.69. The average Bonchev–Trinajstić information content (AvgIpc) is 2.78. The molecule has 3 atom stereocenters. The summed E-state index contributed by atoms with van der Waals surface area (Å²) < 4.78 is 0. The minimum atomic E-state index is 0.505. The molecule has 0 aromatic heterocycles. The molecule has 2 saturated carbocycles. The van der Waals surface area contributed by atoms with Gasteiger partial charge in [-0.15, -0.1) is 0 Å². The number of nitrogens with zero attached hydrogens (tertiary/aromatic N) is 1. The molecule has 2 heteroatoms. The number of piperazine rings is 1. The largest absolute Gasteiger partial charge is 0.308 e. The van der Waals surface area contributed by atoms with Crippen molar-refractivity contribution in [3.8, 4) is 0 Å². The average molecular weight is 222 g/mol. The zero-order valence-corrected chi connectivity index (χ0v) is 10.8. The molecular formula is C14H26N2. The molecule has 0 amide bonds. The smallest absolute Gasteiger partial charge is 0.0309 e. The van der Waals surface area contributed by atoms with Crippen molar-refractivity contribution in [1.82, 2.24) is 10.2 Å². The highest BCUT2D eigenvalue weighted by Crippen LogP contribution is 2.40. The first kappa shape index (κ1) is 11.0. The first-order valence-electron chi connectivity index (χ1n) is 7.18. The van der Waals surface area contributed by atoms with E-state index in [1.807, 2.05) is 0 Å². The molecule has 3 rings (SSSR count). The van der Waals surface area contributed by atoms with Gasteiger partial charge in [-0.1, -0.05) is 19.8 Å². The monoisotopic (exact) mass is 222 g/mol. The minimum Gasteiger partial charge on any atom is -0.308 e. The SMILES string of the molecule is CC1CC1CN1CC2(CCCC2)NCC1C. The summed E-state index contributed by atoms with van der Waals surface area (Å²) in [6.07, 6.45) is 7.18. The van der Waals surface area contributed by atoms with Crippen LogP contribution in [0.2, 0.25) is 0 Å². The van der Waals surface area contributed by atoms with E-state index in [4.69, 9.17) is 0 Å². The molecule has 1 saturated heterocycles. The molecule has 1 spiro atoms. The Labute approximate surface area is 99.8 Å². The van der Waals surface area contributed by atoms with Crippen LogP contribution in [0.4, 0.5) is 0 Å². The van der Waals surface area contributed by atoms with E-state index in [0.29, 0.717) is 5.54 Å². The standard InChI is InChI=1S/C14H26N2/c1-11-7-13(11)9-16-10-14(5-3-4-6-14)15-8-12(16)2/h11-13,15H,3-10H2,1-2H3. The third-order valence-corrected chi connectivity index (χ3v) is 5.21. The molecule has 92 valence electrons. The minimum absolute atomic E-state index is 0.505. The molecule has 16 heavy (non-hydrogen) atoms. The lowest BCUT2D eigenvalue weighted by atomic mass is 9.92. The Balaban J connectivity index is 1.62. The quantitative estimate of drug-likeness (QED) is 0.771. The highest BCUT2D eigenvalue weighted by atomic mass is 15.3. The van der Waals surface area contributed by atoms with Crippen LogP contribution in [-0.4, -0.2) is 36.1 Å². The van der Waals surface area contributed by atoms with E-state index in [1.54, 1.807) is 0 Å². The molecule has 2 nitrogen and oxygen atoms in total. The van der Waals surface area contributed by atoms with Gasteiger partial charge in [-0.05, 0) is 38.0 Å². The summed E-state index contributed by atoms with van der Waals surface area (Å²) >= 11 is 0. The van der Waals surface area contributed by atoms with Gasteiger partial charge in [0.1, 0.15) is 0 Å². The second kappa shape index (κ2) is 3.99. The molecule has 0 aromatic carbocycles. The van der Waals surface area contributed by atoms with E-state index in [2.05, 4.69) is 24.1 Å². The second-order valence-corrected chi connectivity index (χ2v) is 6.62. The number of hydrogen-bond acceptors (Lipinski definition) is 2. The zero-order chi connectivity index (χ0) is 11.2. The molecule has 0 aromatic rings. The topological polar surface area (TPSA) is 15.3 Å². The van der Waals surface area contributed by atoms with Gasteiger partial charge in [-0.2, -0.15) is 0 Å². The van der Waals surface area contributed by atoms with Crippen LogP contribution in [-0.2, 0) is 0 Å². The van der Waals surface area contributed by atoms with E-state index in [-0.39, 0.29) is 0 Å². The maximum absolute atomic E-state index is 3.84. The van der Waals surface area contributed by atoms with Gasteiger partial charge < -0.3 is 5.32 Å². The number of hydrogen-bond donors (Lipinski definition) is 1. The predicted octanol–water partition coefficient (Wildman–Crippen LogP) is 2.25. The molecule has 0 radical (unpaired) electrons. The van der Waals surface area contributed by atoms with Crippen molar-refractivity contribution in [3.63, 3.8) is 0 Å². The van der Waals surface area contributed by atoms with Crippen LogP contribution in [0.15, 0.2) is 0 Å². The molecule has 3 aliphatic rings. The molecule has 3 fully saturated rings. The van der Waals surface area contributed by atoms with Crippen LogP contribution in [0, 0.1) is 11.8 Å². The molecule has 1 heterocycles.